The first-order valence-corrected chi connectivity index (χ1v) is 9.25. The Morgan fingerprint density at radius 3 is 3.00 bits per heavy atom. The van der Waals surface area contributed by atoms with Gasteiger partial charge in [0.2, 0.25) is 0 Å². The van der Waals surface area contributed by atoms with Gasteiger partial charge < -0.3 is 5.32 Å². The maximum absolute atomic E-state index is 4.39. The van der Waals surface area contributed by atoms with Crippen molar-refractivity contribution >= 4 is 49.9 Å². The van der Waals surface area contributed by atoms with Gasteiger partial charge in [-0.2, -0.15) is 0 Å². The van der Waals surface area contributed by atoms with E-state index in [2.05, 4.69) is 48.7 Å². The molecule has 6 heteroatoms. The lowest BCUT2D eigenvalue weighted by molar-refractivity contribution is 0.740. The SMILES string of the molecule is Brc1csc(CNCCSc2ncnc3ccccc23)c1. The van der Waals surface area contributed by atoms with Gasteiger partial charge in [0.05, 0.1) is 5.52 Å². The molecule has 3 rings (SSSR count). The van der Waals surface area contributed by atoms with Crippen molar-refractivity contribution in [2.24, 2.45) is 0 Å². The van der Waals surface area contributed by atoms with Crippen LogP contribution in [0.25, 0.3) is 10.9 Å². The molecule has 3 nitrogen and oxygen atoms in total. The van der Waals surface area contributed by atoms with Crippen molar-refractivity contribution in [3.05, 3.63) is 51.4 Å². The fourth-order valence-electron chi connectivity index (χ4n) is 1.97. The molecular weight excluding hydrogens is 366 g/mol. The topological polar surface area (TPSA) is 37.8 Å². The highest BCUT2D eigenvalue weighted by Crippen LogP contribution is 2.23. The van der Waals surface area contributed by atoms with Crippen LogP contribution in [-0.2, 0) is 6.54 Å². The molecule has 2 heterocycles. The second kappa shape index (κ2) is 7.35. The third kappa shape index (κ3) is 4.03. The van der Waals surface area contributed by atoms with E-state index in [1.807, 2.05) is 18.2 Å². The van der Waals surface area contributed by atoms with Crippen LogP contribution in [-0.4, -0.2) is 22.3 Å². The summed E-state index contributed by atoms with van der Waals surface area (Å²) < 4.78 is 1.16. The molecule has 21 heavy (non-hydrogen) atoms. The molecule has 0 saturated heterocycles. The molecule has 0 atom stereocenters. The Kier molecular flexibility index (Phi) is 5.24. The van der Waals surface area contributed by atoms with E-state index in [9.17, 15) is 0 Å². The summed E-state index contributed by atoms with van der Waals surface area (Å²) in [5.41, 5.74) is 1.01. The van der Waals surface area contributed by atoms with Crippen molar-refractivity contribution in [3.8, 4) is 0 Å². The Morgan fingerprint density at radius 2 is 2.14 bits per heavy atom. The number of hydrogen-bond acceptors (Lipinski definition) is 5. The quantitative estimate of drug-likeness (QED) is 0.392. The standard InChI is InChI=1S/C15H14BrN3S2/c16-11-7-12(21-9-11)8-17-5-6-20-15-13-3-1-2-4-14(13)18-10-19-15/h1-4,7,9-10,17H,5-6,8H2. The number of fused-ring (bicyclic) bond motifs is 1. The summed E-state index contributed by atoms with van der Waals surface area (Å²) in [6, 6.07) is 10.3. The van der Waals surface area contributed by atoms with E-state index in [4.69, 9.17) is 0 Å². The van der Waals surface area contributed by atoms with Crippen LogP contribution in [0.1, 0.15) is 4.88 Å². The first-order valence-electron chi connectivity index (χ1n) is 6.59. The van der Waals surface area contributed by atoms with Crippen LogP contribution in [0.2, 0.25) is 0 Å². The molecular formula is C15H14BrN3S2. The zero-order valence-corrected chi connectivity index (χ0v) is 14.5. The first-order chi connectivity index (χ1) is 10.3. The van der Waals surface area contributed by atoms with Crippen molar-refractivity contribution in [2.75, 3.05) is 12.3 Å². The number of nitrogens with one attached hydrogen (secondary N) is 1. The average molecular weight is 380 g/mol. The lowest BCUT2D eigenvalue weighted by atomic mass is 10.2. The number of hydrogen-bond donors (Lipinski definition) is 1. The van der Waals surface area contributed by atoms with Crippen LogP contribution in [0.15, 0.2) is 51.5 Å². The number of para-hydroxylation sites is 1. The third-order valence-corrected chi connectivity index (χ3v) is 5.65. The Balaban J connectivity index is 1.50. The number of thiophene rings is 1. The highest BCUT2D eigenvalue weighted by molar-refractivity contribution is 9.10. The second-order valence-corrected chi connectivity index (χ2v) is 7.45. The predicted octanol–water partition coefficient (Wildman–Crippen LogP) is 4.34. The Labute approximate surface area is 140 Å². The number of benzene rings is 1. The molecule has 1 N–H and O–H groups in total. The zero-order valence-electron chi connectivity index (χ0n) is 11.3. The zero-order chi connectivity index (χ0) is 14.5. The third-order valence-electron chi connectivity index (χ3n) is 2.94. The van der Waals surface area contributed by atoms with E-state index in [1.54, 1.807) is 29.4 Å². The minimum atomic E-state index is 0.918. The molecule has 0 fully saturated rings. The first kappa shape index (κ1) is 15.0. The van der Waals surface area contributed by atoms with Gasteiger partial charge in [-0.15, -0.1) is 23.1 Å². The van der Waals surface area contributed by atoms with Gasteiger partial charge in [-0.1, -0.05) is 18.2 Å². The van der Waals surface area contributed by atoms with Crippen LogP contribution in [0, 0.1) is 0 Å². The molecule has 0 amide bonds. The van der Waals surface area contributed by atoms with Gasteiger partial charge in [0.1, 0.15) is 11.4 Å². The van der Waals surface area contributed by atoms with Crippen molar-refractivity contribution in [1.29, 1.82) is 0 Å². The minimum absolute atomic E-state index is 0.918. The highest BCUT2D eigenvalue weighted by Gasteiger charge is 2.03. The monoisotopic (exact) mass is 379 g/mol. The minimum Gasteiger partial charge on any atom is -0.311 e. The van der Waals surface area contributed by atoms with Crippen LogP contribution < -0.4 is 5.32 Å². The van der Waals surface area contributed by atoms with E-state index in [0.29, 0.717) is 0 Å². The fourth-order valence-corrected chi connectivity index (χ4v) is 4.28. The molecule has 0 unspecified atom stereocenters. The van der Waals surface area contributed by atoms with Gasteiger partial charge in [0.15, 0.2) is 0 Å². The maximum atomic E-state index is 4.39. The van der Waals surface area contributed by atoms with Gasteiger partial charge in [0.25, 0.3) is 0 Å². The molecule has 1 aromatic carbocycles. The van der Waals surface area contributed by atoms with Crippen molar-refractivity contribution in [3.63, 3.8) is 0 Å². The number of halogens is 1. The molecule has 0 aliphatic rings. The normalized spacial score (nSPS) is 11.1. The Hall–Kier alpha value is -0.950. The molecule has 0 aliphatic carbocycles. The van der Waals surface area contributed by atoms with Gasteiger partial charge >= 0.3 is 0 Å². The molecule has 0 aliphatic heterocycles. The van der Waals surface area contributed by atoms with E-state index in [-0.39, 0.29) is 0 Å². The molecule has 0 radical (unpaired) electrons. The summed E-state index contributed by atoms with van der Waals surface area (Å²) in [6.45, 7) is 1.87. The summed E-state index contributed by atoms with van der Waals surface area (Å²) in [7, 11) is 0. The Morgan fingerprint density at radius 1 is 1.24 bits per heavy atom. The summed E-state index contributed by atoms with van der Waals surface area (Å²) >= 11 is 7.01. The fraction of sp³-hybridized carbons (Fsp3) is 0.200. The van der Waals surface area contributed by atoms with Crippen molar-refractivity contribution < 1.29 is 0 Å². The number of thioether (sulfide) groups is 1. The van der Waals surface area contributed by atoms with Gasteiger partial charge in [-0.25, -0.2) is 9.97 Å². The maximum Gasteiger partial charge on any atom is 0.117 e. The molecule has 108 valence electrons. The van der Waals surface area contributed by atoms with E-state index in [0.717, 1.165) is 39.2 Å². The molecule has 3 aromatic rings. The highest BCUT2D eigenvalue weighted by atomic mass is 79.9. The van der Waals surface area contributed by atoms with E-state index >= 15 is 0 Å². The largest absolute Gasteiger partial charge is 0.311 e. The predicted molar refractivity (Wildman–Crippen MR) is 94.0 cm³/mol. The number of aromatic nitrogens is 2. The second-order valence-electron chi connectivity index (χ2n) is 4.45. The lowest BCUT2D eigenvalue weighted by Crippen LogP contribution is -2.15. The molecule has 0 spiro atoms. The molecule has 0 bridgehead atoms. The average Bonchev–Trinajstić information content (AvgIpc) is 2.92. The smallest absolute Gasteiger partial charge is 0.117 e. The van der Waals surface area contributed by atoms with Gasteiger partial charge in [-0.05, 0) is 28.1 Å². The van der Waals surface area contributed by atoms with Crippen LogP contribution in [0.3, 0.4) is 0 Å². The summed E-state index contributed by atoms with van der Waals surface area (Å²) in [5, 5.41) is 7.76. The van der Waals surface area contributed by atoms with Crippen molar-refractivity contribution in [1.82, 2.24) is 15.3 Å². The van der Waals surface area contributed by atoms with Crippen molar-refractivity contribution in [2.45, 2.75) is 11.6 Å². The van der Waals surface area contributed by atoms with Crippen LogP contribution in [0.4, 0.5) is 0 Å². The van der Waals surface area contributed by atoms with E-state index in [1.165, 1.54) is 4.88 Å². The van der Waals surface area contributed by atoms with E-state index < -0.39 is 0 Å². The lowest BCUT2D eigenvalue weighted by Gasteiger charge is -2.05. The number of rotatable bonds is 6. The van der Waals surface area contributed by atoms with Gasteiger partial charge in [-0.3, -0.25) is 0 Å². The van der Waals surface area contributed by atoms with Crippen LogP contribution >= 0.6 is 39.0 Å². The molecule has 2 aromatic heterocycles. The molecule has 0 saturated carbocycles. The summed E-state index contributed by atoms with van der Waals surface area (Å²) in [6.07, 6.45) is 1.64. The Bertz CT molecular complexity index is 724. The summed E-state index contributed by atoms with van der Waals surface area (Å²) in [4.78, 5) is 10.0. The summed E-state index contributed by atoms with van der Waals surface area (Å²) in [5.74, 6) is 0.994. The van der Waals surface area contributed by atoms with Crippen LogP contribution in [0.5, 0.6) is 0 Å². The number of nitrogens with zero attached hydrogens (tertiary/aromatic N) is 2. The van der Waals surface area contributed by atoms with Gasteiger partial charge in [0, 0.05) is 39.0 Å².